The minimum absolute atomic E-state index is 0.445. The Morgan fingerprint density at radius 1 is 1.10 bits per heavy atom. The molecule has 20 heavy (non-hydrogen) atoms. The van der Waals surface area contributed by atoms with E-state index in [-0.39, 0.29) is 0 Å². The topological polar surface area (TPSA) is 32.5 Å². The summed E-state index contributed by atoms with van der Waals surface area (Å²) >= 11 is 0. The number of hydrogen-bond donors (Lipinski definition) is 1. The summed E-state index contributed by atoms with van der Waals surface area (Å²) in [5.74, 6) is 2.42. The van der Waals surface area contributed by atoms with Crippen LogP contribution in [0.2, 0.25) is 0 Å². The van der Waals surface area contributed by atoms with Crippen LogP contribution in [0.3, 0.4) is 0 Å². The lowest BCUT2D eigenvalue weighted by Gasteiger charge is -2.40. The van der Waals surface area contributed by atoms with Gasteiger partial charge in [0.05, 0.1) is 11.4 Å². The van der Waals surface area contributed by atoms with Gasteiger partial charge in [-0.3, -0.25) is 0 Å². The molecule has 2 N–H and O–H groups in total. The van der Waals surface area contributed by atoms with Crippen LogP contribution in [-0.4, -0.2) is 32.7 Å². The molecule has 1 aromatic rings. The summed E-state index contributed by atoms with van der Waals surface area (Å²) in [7, 11) is 2.19. The third-order valence-electron chi connectivity index (χ3n) is 5.93. The van der Waals surface area contributed by atoms with Gasteiger partial charge in [0, 0.05) is 32.7 Å². The van der Waals surface area contributed by atoms with Crippen molar-refractivity contribution in [3.05, 3.63) is 24.3 Å². The third kappa shape index (κ3) is 1.83. The van der Waals surface area contributed by atoms with Crippen molar-refractivity contribution in [2.24, 2.45) is 23.5 Å². The fourth-order valence-corrected chi connectivity index (χ4v) is 4.74. The monoisotopic (exact) mass is 271 g/mol. The number of anilines is 2. The number of hydrogen-bond acceptors (Lipinski definition) is 3. The Morgan fingerprint density at radius 2 is 1.85 bits per heavy atom. The summed E-state index contributed by atoms with van der Waals surface area (Å²) in [5, 5.41) is 0. The molecule has 0 aromatic heterocycles. The zero-order valence-corrected chi connectivity index (χ0v) is 12.3. The van der Waals surface area contributed by atoms with Crippen molar-refractivity contribution in [1.82, 2.24) is 0 Å². The lowest BCUT2D eigenvalue weighted by atomic mass is 9.84. The van der Waals surface area contributed by atoms with E-state index in [1.54, 1.807) is 0 Å². The van der Waals surface area contributed by atoms with E-state index in [4.69, 9.17) is 5.73 Å². The highest BCUT2D eigenvalue weighted by Crippen LogP contribution is 2.48. The van der Waals surface area contributed by atoms with Crippen molar-refractivity contribution < 1.29 is 0 Å². The molecule has 0 radical (unpaired) electrons. The zero-order valence-electron chi connectivity index (χ0n) is 12.3. The average molecular weight is 271 g/mol. The molecule has 3 aliphatic rings. The molecule has 2 aliphatic carbocycles. The number of rotatable bonds is 2. The summed E-state index contributed by atoms with van der Waals surface area (Å²) < 4.78 is 0. The van der Waals surface area contributed by atoms with Crippen LogP contribution in [0.1, 0.15) is 19.3 Å². The SMILES string of the molecule is CN1CCN(CC2C3CCC(C3)C2N)c2ccccc21. The first-order chi connectivity index (χ1) is 9.74. The molecule has 4 rings (SSSR count). The Kier molecular flexibility index (Phi) is 2.92. The molecular weight excluding hydrogens is 246 g/mol. The Morgan fingerprint density at radius 3 is 2.60 bits per heavy atom. The van der Waals surface area contributed by atoms with E-state index in [1.807, 2.05) is 0 Å². The van der Waals surface area contributed by atoms with Crippen LogP contribution in [0, 0.1) is 17.8 Å². The first kappa shape index (κ1) is 12.5. The van der Waals surface area contributed by atoms with Crippen LogP contribution in [-0.2, 0) is 0 Å². The van der Waals surface area contributed by atoms with E-state index in [0.29, 0.717) is 12.0 Å². The van der Waals surface area contributed by atoms with E-state index < -0.39 is 0 Å². The molecular formula is C17H25N3. The maximum atomic E-state index is 6.49. The van der Waals surface area contributed by atoms with E-state index >= 15 is 0 Å². The second-order valence-electron chi connectivity index (χ2n) is 6.93. The number of benzene rings is 1. The molecule has 1 aromatic carbocycles. The molecule has 0 amide bonds. The van der Waals surface area contributed by atoms with E-state index in [1.165, 1.54) is 30.6 Å². The van der Waals surface area contributed by atoms with Crippen molar-refractivity contribution in [3.8, 4) is 0 Å². The quantitative estimate of drug-likeness (QED) is 0.896. The normalized spacial score (nSPS) is 35.5. The summed E-state index contributed by atoms with van der Waals surface area (Å²) in [4.78, 5) is 4.95. The van der Waals surface area contributed by atoms with Gasteiger partial charge in [0.2, 0.25) is 0 Å². The maximum Gasteiger partial charge on any atom is 0.0604 e. The molecule has 2 fully saturated rings. The molecule has 2 bridgehead atoms. The van der Waals surface area contributed by atoms with Gasteiger partial charge in [0.15, 0.2) is 0 Å². The highest BCUT2D eigenvalue weighted by Gasteiger charge is 2.46. The number of nitrogens with zero attached hydrogens (tertiary/aromatic N) is 2. The predicted molar refractivity (Wildman–Crippen MR) is 84.2 cm³/mol. The standard InChI is InChI=1S/C17H25N3/c1-19-8-9-20(16-5-3-2-4-15(16)19)11-14-12-6-7-13(10-12)17(14)18/h2-5,12-14,17H,6-11,18H2,1H3. The Labute approximate surface area is 121 Å². The number of nitrogens with two attached hydrogens (primary N) is 1. The average Bonchev–Trinajstić information content (AvgIpc) is 3.05. The lowest BCUT2D eigenvalue weighted by molar-refractivity contribution is 0.290. The minimum atomic E-state index is 0.445. The van der Waals surface area contributed by atoms with Gasteiger partial charge in [-0.25, -0.2) is 0 Å². The summed E-state index contributed by atoms with van der Waals surface area (Å²) in [6, 6.07) is 9.25. The predicted octanol–water partition coefficient (Wildman–Crippen LogP) is 2.32. The maximum absolute atomic E-state index is 6.49. The van der Waals surface area contributed by atoms with Gasteiger partial charge in [0.25, 0.3) is 0 Å². The van der Waals surface area contributed by atoms with Crippen molar-refractivity contribution in [2.45, 2.75) is 25.3 Å². The fourth-order valence-electron chi connectivity index (χ4n) is 4.74. The summed E-state index contributed by atoms with van der Waals surface area (Å²) in [6.45, 7) is 3.41. The zero-order chi connectivity index (χ0) is 13.7. The Balaban J connectivity index is 1.57. The van der Waals surface area contributed by atoms with Gasteiger partial charge >= 0.3 is 0 Å². The van der Waals surface area contributed by atoms with Crippen molar-refractivity contribution >= 4 is 11.4 Å². The van der Waals surface area contributed by atoms with Gasteiger partial charge in [-0.2, -0.15) is 0 Å². The smallest absolute Gasteiger partial charge is 0.0604 e. The molecule has 3 nitrogen and oxygen atoms in total. The van der Waals surface area contributed by atoms with Gasteiger partial charge in [-0.1, -0.05) is 12.1 Å². The van der Waals surface area contributed by atoms with Crippen LogP contribution < -0.4 is 15.5 Å². The van der Waals surface area contributed by atoms with Crippen molar-refractivity contribution in [3.63, 3.8) is 0 Å². The fraction of sp³-hybridized carbons (Fsp3) is 0.647. The van der Waals surface area contributed by atoms with Gasteiger partial charge in [0.1, 0.15) is 0 Å². The number of para-hydroxylation sites is 2. The highest BCUT2D eigenvalue weighted by atomic mass is 15.3. The van der Waals surface area contributed by atoms with Gasteiger partial charge in [-0.05, 0) is 49.1 Å². The molecule has 1 heterocycles. The van der Waals surface area contributed by atoms with Crippen LogP contribution in [0.4, 0.5) is 11.4 Å². The molecule has 1 aliphatic heterocycles. The highest BCUT2D eigenvalue weighted by molar-refractivity contribution is 5.73. The van der Waals surface area contributed by atoms with E-state index in [2.05, 4.69) is 41.1 Å². The Hall–Kier alpha value is -1.22. The second kappa shape index (κ2) is 4.66. The van der Waals surface area contributed by atoms with Crippen LogP contribution in [0.5, 0.6) is 0 Å². The second-order valence-corrected chi connectivity index (χ2v) is 6.93. The molecule has 0 saturated heterocycles. The van der Waals surface area contributed by atoms with E-state index in [9.17, 15) is 0 Å². The molecule has 0 spiro atoms. The number of fused-ring (bicyclic) bond motifs is 3. The van der Waals surface area contributed by atoms with Crippen LogP contribution in [0.15, 0.2) is 24.3 Å². The molecule has 108 valence electrons. The molecule has 3 heteroatoms. The minimum Gasteiger partial charge on any atom is -0.371 e. The van der Waals surface area contributed by atoms with Crippen molar-refractivity contribution in [1.29, 1.82) is 0 Å². The third-order valence-corrected chi connectivity index (χ3v) is 5.93. The molecule has 4 unspecified atom stereocenters. The molecule has 4 atom stereocenters. The van der Waals surface area contributed by atoms with Gasteiger partial charge < -0.3 is 15.5 Å². The van der Waals surface area contributed by atoms with Gasteiger partial charge in [-0.15, -0.1) is 0 Å². The first-order valence-electron chi connectivity index (χ1n) is 8.05. The number of likely N-dealkylation sites (N-methyl/N-ethyl adjacent to an activating group) is 1. The largest absolute Gasteiger partial charge is 0.371 e. The van der Waals surface area contributed by atoms with Crippen molar-refractivity contribution in [2.75, 3.05) is 36.5 Å². The van der Waals surface area contributed by atoms with Crippen LogP contribution >= 0.6 is 0 Å². The lowest BCUT2D eigenvalue weighted by Crippen LogP contribution is -2.47. The Bertz CT molecular complexity index is 499. The summed E-state index contributed by atoms with van der Waals surface area (Å²) in [5.41, 5.74) is 9.26. The molecule has 2 saturated carbocycles. The van der Waals surface area contributed by atoms with E-state index in [0.717, 1.165) is 31.5 Å². The first-order valence-corrected chi connectivity index (χ1v) is 8.05. The van der Waals surface area contributed by atoms with Crippen LogP contribution in [0.25, 0.3) is 0 Å². The summed E-state index contributed by atoms with van der Waals surface area (Å²) in [6.07, 6.45) is 4.18.